The number of carbonyl (C=O) groups is 2. The zero-order chi connectivity index (χ0) is 18.7. The lowest BCUT2D eigenvalue weighted by Crippen LogP contribution is -2.47. The number of morpholine rings is 1. The molecule has 26 heavy (non-hydrogen) atoms. The summed E-state index contributed by atoms with van der Waals surface area (Å²) < 4.78 is 11.0. The molecule has 1 aliphatic carbocycles. The second-order valence-electron chi connectivity index (χ2n) is 8.88. The van der Waals surface area contributed by atoms with Crippen LogP contribution >= 0.6 is 0 Å². The van der Waals surface area contributed by atoms with Gasteiger partial charge >= 0.3 is 5.97 Å². The Balaban J connectivity index is 1.63. The van der Waals surface area contributed by atoms with Gasteiger partial charge in [0.1, 0.15) is 11.6 Å². The highest BCUT2D eigenvalue weighted by atomic mass is 16.6. The number of hydrogen-bond acceptors (Lipinski definition) is 5. The van der Waals surface area contributed by atoms with Crippen molar-refractivity contribution >= 4 is 11.9 Å². The fourth-order valence-corrected chi connectivity index (χ4v) is 4.67. The van der Waals surface area contributed by atoms with Crippen LogP contribution in [0.2, 0.25) is 0 Å². The Labute approximate surface area is 157 Å². The molecule has 148 valence electrons. The third-order valence-electron chi connectivity index (χ3n) is 5.85. The van der Waals surface area contributed by atoms with E-state index in [0.717, 1.165) is 12.8 Å². The molecule has 0 unspecified atom stereocenters. The molecule has 2 aliphatic heterocycles. The Bertz CT molecular complexity index is 510. The van der Waals surface area contributed by atoms with E-state index in [4.69, 9.17) is 9.47 Å². The summed E-state index contributed by atoms with van der Waals surface area (Å²) >= 11 is 0. The number of rotatable bonds is 4. The lowest BCUT2D eigenvalue weighted by Gasteiger charge is -2.34. The standard InChI is InChI=1S/C20H34N2O4/c1-20(2,3)26-19(24)17-14-15-6-4-5-7-16(15)22(17)9-8-18(23)21-10-12-25-13-11-21/h15-17H,4-14H2,1-3H3/t15-,16-,17+/m1/s1. The maximum absolute atomic E-state index is 12.8. The van der Waals surface area contributed by atoms with Crippen molar-refractivity contribution in [2.45, 2.75) is 77.0 Å². The molecule has 3 atom stereocenters. The minimum absolute atomic E-state index is 0.120. The number of hydrogen-bond donors (Lipinski definition) is 0. The van der Waals surface area contributed by atoms with Gasteiger partial charge in [-0.3, -0.25) is 14.5 Å². The summed E-state index contributed by atoms with van der Waals surface area (Å²) in [7, 11) is 0. The normalized spacial score (nSPS) is 30.1. The maximum Gasteiger partial charge on any atom is 0.323 e. The number of likely N-dealkylation sites (tertiary alicyclic amines) is 1. The van der Waals surface area contributed by atoms with Gasteiger partial charge in [0.05, 0.1) is 13.2 Å². The van der Waals surface area contributed by atoms with Gasteiger partial charge in [-0.1, -0.05) is 12.8 Å². The van der Waals surface area contributed by atoms with Crippen LogP contribution in [0.15, 0.2) is 0 Å². The van der Waals surface area contributed by atoms with Gasteiger partial charge in [0.2, 0.25) is 5.91 Å². The molecule has 0 spiro atoms. The van der Waals surface area contributed by atoms with Gasteiger partial charge in [-0.05, 0) is 46.0 Å². The quantitative estimate of drug-likeness (QED) is 0.714. The predicted octanol–water partition coefficient (Wildman–Crippen LogP) is 2.21. The first-order valence-electron chi connectivity index (χ1n) is 10.2. The topological polar surface area (TPSA) is 59.1 Å². The number of amides is 1. The molecule has 1 saturated carbocycles. The average Bonchev–Trinajstić information content (AvgIpc) is 2.98. The molecule has 0 radical (unpaired) electrons. The van der Waals surface area contributed by atoms with E-state index >= 15 is 0 Å². The summed E-state index contributed by atoms with van der Waals surface area (Å²) in [6.07, 6.45) is 6.15. The number of fused-ring (bicyclic) bond motifs is 1. The second-order valence-corrected chi connectivity index (χ2v) is 8.88. The lowest BCUT2D eigenvalue weighted by molar-refractivity contribution is -0.161. The predicted molar refractivity (Wildman–Crippen MR) is 98.7 cm³/mol. The molecule has 3 rings (SSSR count). The van der Waals surface area contributed by atoms with Crippen molar-refractivity contribution < 1.29 is 19.1 Å². The summed E-state index contributed by atoms with van der Waals surface area (Å²) in [5.41, 5.74) is -0.472. The Morgan fingerprint density at radius 2 is 1.81 bits per heavy atom. The highest BCUT2D eigenvalue weighted by molar-refractivity contribution is 5.78. The molecule has 0 aromatic heterocycles. The van der Waals surface area contributed by atoms with Crippen molar-refractivity contribution in [3.05, 3.63) is 0 Å². The molecule has 0 aromatic carbocycles. The molecule has 2 heterocycles. The van der Waals surface area contributed by atoms with Crippen molar-refractivity contribution in [2.75, 3.05) is 32.8 Å². The summed E-state index contributed by atoms with van der Waals surface area (Å²) in [5, 5.41) is 0. The maximum atomic E-state index is 12.8. The smallest absolute Gasteiger partial charge is 0.323 e. The summed E-state index contributed by atoms with van der Waals surface area (Å²) in [6, 6.07) is 0.235. The number of esters is 1. The second kappa shape index (κ2) is 8.26. The first-order chi connectivity index (χ1) is 12.3. The van der Waals surface area contributed by atoms with E-state index < -0.39 is 5.60 Å². The molecule has 0 aromatic rings. The van der Waals surface area contributed by atoms with Gasteiger partial charge in [-0.15, -0.1) is 0 Å². The largest absolute Gasteiger partial charge is 0.459 e. The number of ether oxygens (including phenoxy) is 2. The summed E-state index contributed by atoms with van der Waals surface area (Å²) in [5.74, 6) is 0.626. The van der Waals surface area contributed by atoms with Crippen LogP contribution in [0.5, 0.6) is 0 Å². The van der Waals surface area contributed by atoms with Gasteiger partial charge in [-0.25, -0.2) is 0 Å². The van der Waals surface area contributed by atoms with Crippen LogP contribution in [0, 0.1) is 5.92 Å². The third-order valence-corrected chi connectivity index (χ3v) is 5.85. The first-order valence-corrected chi connectivity index (χ1v) is 10.2. The minimum atomic E-state index is -0.472. The van der Waals surface area contributed by atoms with Crippen LogP contribution in [0.25, 0.3) is 0 Å². The molecule has 3 fully saturated rings. The monoisotopic (exact) mass is 366 g/mol. The Morgan fingerprint density at radius 3 is 2.50 bits per heavy atom. The fourth-order valence-electron chi connectivity index (χ4n) is 4.67. The first kappa shape index (κ1) is 19.6. The van der Waals surface area contributed by atoms with Gasteiger partial charge in [0, 0.05) is 32.1 Å². The van der Waals surface area contributed by atoms with Gasteiger partial charge in [0.15, 0.2) is 0 Å². The molecular weight excluding hydrogens is 332 g/mol. The van der Waals surface area contributed by atoms with E-state index in [-0.39, 0.29) is 17.9 Å². The SMILES string of the molecule is CC(C)(C)OC(=O)[C@@H]1C[C@H]2CCCC[C@H]2N1CCC(=O)N1CCOCC1. The van der Waals surface area contributed by atoms with Crippen molar-refractivity contribution in [3.8, 4) is 0 Å². The summed E-state index contributed by atoms with van der Waals surface area (Å²) in [4.78, 5) is 29.5. The Morgan fingerprint density at radius 1 is 1.12 bits per heavy atom. The van der Waals surface area contributed by atoms with E-state index in [1.807, 2.05) is 25.7 Å². The summed E-state index contributed by atoms with van der Waals surface area (Å²) in [6.45, 7) is 9.01. The van der Waals surface area contributed by atoms with Crippen molar-refractivity contribution in [1.29, 1.82) is 0 Å². The molecule has 3 aliphatic rings. The number of carbonyl (C=O) groups excluding carboxylic acids is 2. The van der Waals surface area contributed by atoms with Crippen LogP contribution < -0.4 is 0 Å². The average molecular weight is 367 g/mol. The molecule has 0 bridgehead atoms. The number of nitrogens with zero attached hydrogens (tertiary/aromatic N) is 2. The lowest BCUT2D eigenvalue weighted by atomic mass is 9.84. The Kier molecular flexibility index (Phi) is 6.23. The molecular formula is C20H34N2O4. The zero-order valence-corrected chi connectivity index (χ0v) is 16.5. The highest BCUT2D eigenvalue weighted by Crippen LogP contribution is 2.40. The molecule has 6 heteroatoms. The zero-order valence-electron chi connectivity index (χ0n) is 16.5. The minimum Gasteiger partial charge on any atom is -0.459 e. The van der Waals surface area contributed by atoms with E-state index in [1.54, 1.807) is 0 Å². The molecule has 6 nitrogen and oxygen atoms in total. The van der Waals surface area contributed by atoms with Crippen LogP contribution in [0.4, 0.5) is 0 Å². The van der Waals surface area contributed by atoms with Crippen LogP contribution in [-0.2, 0) is 19.1 Å². The van der Waals surface area contributed by atoms with Crippen LogP contribution in [0.3, 0.4) is 0 Å². The molecule has 2 saturated heterocycles. The molecule has 1 amide bonds. The fraction of sp³-hybridized carbons (Fsp3) is 0.900. The van der Waals surface area contributed by atoms with Crippen molar-refractivity contribution in [3.63, 3.8) is 0 Å². The Hall–Kier alpha value is -1.14. The van der Waals surface area contributed by atoms with E-state index in [1.165, 1.54) is 19.3 Å². The van der Waals surface area contributed by atoms with Crippen molar-refractivity contribution in [2.24, 2.45) is 5.92 Å². The van der Waals surface area contributed by atoms with Crippen LogP contribution in [0.1, 0.15) is 59.3 Å². The van der Waals surface area contributed by atoms with Crippen LogP contribution in [-0.4, -0.2) is 72.2 Å². The van der Waals surface area contributed by atoms with Gasteiger partial charge < -0.3 is 14.4 Å². The van der Waals surface area contributed by atoms with E-state index in [0.29, 0.717) is 51.2 Å². The van der Waals surface area contributed by atoms with Crippen molar-refractivity contribution in [1.82, 2.24) is 9.80 Å². The third kappa shape index (κ3) is 4.77. The van der Waals surface area contributed by atoms with E-state index in [2.05, 4.69) is 4.90 Å². The highest BCUT2D eigenvalue weighted by Gasteiger charge is 2.46. The van der Waals surface area contributed by atoms with E-state index in [9.17, 15) is 9.59 Å². The van der Waals surface area contributed by atoms with Gasteiger partial charge in [-0.2, -0.15) is 0 Å². The van der Waals surface area contributed by atoms with Gasteiger partial charge in [0.25, 0.3) is 0 Å². The molecule has 0 N–H and O–H groups in total.